The third-order valence-corrected chi connectivity index (χ3v) is 27.4. The first-order chi connectivity index (χ1) is 47.2. The molecule has 0 radical (unpaired) electrons. The minimum absolute atomic E-state index is 0.0146. The van der Waals surface area contributed by atoms with E-state index >= 15 is 0 Å². The minimum Gasteiger partial charge on any atom is -0.691 e. The lowest BCUT2D eigenvalue weighted by molar-refractivity contribution is -0.777. The number of hydrogen-bond acceptors (Lipinski definition) is 15. The SMILES string of the molecule is Cc1cc([S+](c2ccccc2)c2ccccc2)cc(C)c1OCC(=O)OC1(C)C2CC3CC(C2)CC1C3.O=C(OCC(F)(F)SOO[O-])C12CC3CC(CC(C3)C1)C2.O=C(OCC(F)(F)SOO[O-])C12CC3CC(CC(C3)C1)C2.c1ccc([S+](c2ccccc2)c2ccccc2)cc1. The van der Waals surface area contributed by atoms with Crippen molar-refractivity contribution in [3.63, 3.8) is 0 Å². The predicted molar refractivity (Wildman–Crippen MR) is 362 cm³/mol. The molecule has 6 aromatic rings. The Morgan fingerprint density at radius 2 is 0.735 bits per heavy atom. The summed E-state index contributed by atoms with van der Waals surface area (Å²) in [6.07, 6.45) is 17.8. The molecule has 12 aliphatic rings. The van der Waals surface area contributed by atoms with Gasteiger partial charge in [-0.1, -0.05) is 91.0 Å². The number of benzene rings is 6. The number of alkyl halides is 4. The van der Waals surface area contributed by atoms with Crippen LogP contribution in [0.5, 0.6) is 5.75 Å². The zero-order valence-electron chi connectivity index (χ0n) is 55.5. The van der Waals surface area contributed by atoms with E-state index in [0.29, 0.717) is 47.3 Å². The van der Waals surface area contributed by atoms with E-state index in [1.807, 2.05) is 0 Å². The molecule has 18 rings (SSSR count). The first-order valence-corrected chi connectivity index (χ1v) is 38.2. The van der Waals surface area contributed by atoms with Crippen molar-refractivity contribution in [3.8, 4) is 5.75 Å². The minimum atomic E-state index is -3.50. The van der Waals surface area contributed by atoms with Gasteiger partial charge in [0.2, 0.25) is 0 Å². The Balaban J connectivity index is 0.000000130. The normalized spacial score (nSPS) is 28.8. The van der Waals surface area contributed by atoms with Gasteiger partial charge in [0, 0.05) is 12.1 Å². The number of carbonyl (C=O) groups excluding carboxylic acids is 3. The summed E-state index contributed by atoms with van der Waals surface area (Å²) in [5.74, 6) is 5.48. The summed E-state index contributed by atoms with van der Waals surface area (Å²) < 4.78 is 82.4. The number of halogens is 4. The van der Waals surface area contributed by atoms with E-state index in [1.165, 1.54) is 61.5 Å². The maximum absolute atomic E-state index is 13.3. The lowest BCUT2D eigenvalue weighted by Gasteiger charge is -2.59. The van der Waals surface area contributed by atoms with Gasteiger partial charge in [-0.25, -0.2) is 4.79 Å². The molecule has 0 saturated heterocycles. The molecule has 12 fully saturated rings. The van der Waals surface area contributed by atoms with E-state index in [-0.39, 0.29) is 40.0 Å². The lowest BCUT2D eigenvalue weighted by atomic mass is 9.49. The fourth-order valence-corrected chi connectivity index (χ4v) is 23.9. The number of aryl methyl sites for hydroxylation is 2. The fraction of sp³-hybridized carbons (Fsp3) is 0.494. The highest BCUT2D eigenvalue weighted by atomic mass is 32.2. The third-order valence-electron chi connectivity index (χ3n) is 22.0. The molecular formula is C77H86F4O13S4. The van der Waals surface area contributed by atoms with Crippen LogP contribution in [0.25, 0.3) is 0 Å². The topological polar surface area (TPSA) is 171 Å². The van der Waals surface area contributed by atoms with Crippen LogP contribution in [0.15, 0.2) is 193 Å². The van der Waals surface area contributed by atoms with E-state index in [9.17, 15) is 42.5 Å². The van der Waals surface area contributed by atoms with Crippen molar-refractivity contribution in [2.45, 2.75) is 175 Å². The van der Waals surface area contributed by atoms with Crippen LogP contribution >= 0.6 is 24.1 Å². The first-order valence-electron chi connectivity index (χ1n) is 34.3. The van der Waals surface area contributed by atoms with Crippen molar-refractivity contribution >= 4 is 63.8 Å². The zero-order chi connectivity index (χ0) is 68.7. The van der Waals surface area contributed by atoms with Gasteiger partial charge in [-0.2, -0.15) is 26.2 Å². The van der Waals surface area contributed by atoms with Gasteiger partial charge in [-0.05, 0) is 261 Å². The molecule has 13 nitrogen and oxygen atoms in total. The number of ether oxygens (including phenoxy) is 4. The summed E-state index contributed by atoms with van der Waals surface area (Å²) in [7, 11) is -0.231. The van der Waals surface area contributed by atoms with Crippen LogP contribution in [0.4, 0.5) is 17.6 Å². The van der Waals surface area contributed by atoms with Crippen molar-refractivity contribution in [3.05, 3.63) is 175 Å². The molecule has 0 amide bonds. The Morgan fingerprint density at radius 3 is 1.03 bits per heavy atom. The smallest absolute Gasteiger partial charge is 0.354 e. The number of esters is 3. The molecule has 524 valence electrons. The molecule has 21 heteroatoms. The van der Waals surface area contributed by atoms with E-state index < -0.39 is 70.6 Å². The van der Waals surface area contributed by atoms with Crippen molar-refractivity contribution in [1.29, 1.82) is 0 Å². The first kappa shape index (κ1) is 72.2. The molecule has 0 N–H and O–H groups in total. The highest BCUT2D eigenvalue weighted by Gasteiger charge is 2.59. The summed E-state index contributed by atoms with van der Waals surface area (Å²) in [5.41, 5.74) is 0.652. The van der Waals surface area contributed by atoms with Gasteiger partial charge in [0.1, 0.15) is 35.4 Å². The van der Waals surface area contributed by atoms with Crippen LogP contribution in [0.1, 0.15) is 127 Å². The van der Waals surface area contributed by atoms with E-state index in [2.05, 4.69) is 203 Å². The van der Waals surface area contributed by atoms with E-state index in [4.69, 9.17) is 18.9 Å². The molecule has 0 spiro atoms. The molecule has 0 unspecified atom stereocenters. The van der Waals surface area contributed by atoms with Gasteiger partial charge in [-0.15, -0.1) is 0 Å². The second-order valence-corrected chi connectivity index (χ2v) is 34.9. The maximum atomic E-state index is 13.3. The van der Waals surface area contributed by atoms with Gasteiger partial charge in [0.15, 0.2) is 49.2 Å². The molecule has 98 heavy (non-hydrogen) atoms. The quantitative estimate of drug-likeness (QED) is 0.0119. The number of hydrogen-bond donors (Lipinski definition) is 0. The van der Waals surface area contributed by atoms with Crippen LogP contribution in [0, 0.1) is 83.9 Å². The van der Waals surface area contributed by atoms with Crippen LogP contribution in [-0.4, -0.2) is 53.8 Å². The Hall–Kier alpha value is -5.59. The van der Waals surface area contributed by atoms with E-state index in [0.717, 1.165) is 106 Å². The molecule has 0 aromatic heterocycles. The van der Waals surface area contributed by atoms with Gasteiger partial charge in [0.25, 0.3) is 0 Å². The summed E-state index contributed by atoms with van der Waals surface area (Å²) in [4.78, 5) is 45.6. The predicted octanol–water partition coefficient (Wildman–Crippen LogP) is 16.7. The van der Waals surface area contributed by atoms with Gasteiger partial charge >= 0.3 is 28.4 Å². The molecule has 0 atom stereocenters. The molecular weight excluding hydrogens is 1340 g/mol. The van der Waals surface area contributed by atoms with Crippen LogP contribution < -0.4 is 15.3 Å². The average Bonchev–Trinajstić information content (AvgIpc) is 0.748. The monoisotopic (exact) mass is 1420 g/mol. The second-order valence-electron chi connectivity index (χ2n) is 29.1. The van der Waals surface area contributed by atoms with Crippen molar-refractivity contribution < 1.29 is 80.2 Å². The van der Waals surface area contributed by atoms with Gasteiger partial charge in [-0.3, -0.25) is 19.7 Å². The summed E-state index contributed by atoms with van der Waals surface area (Å²) in [5, 5.41) is 17.9. The zero-order valence-corrected chi connectivity index (χ0v) is 58.7. The Kier molecular flexibility index (Phi) is 23.4. The highest BCUT2D eigenvalue weighted by Crippen LogP contribution is 2.63. The van der Waals surface area contributed by atoms with Gasteiger partial charge in [0.05, 0.1) is 32.6 Å². The molecule has 12 aliphatic carbocycles. The Morgan fingerprint density at radius 1 is 0.449 bits per heavy atom. The molecule has 0 heterocycles. The summed E-state index contributed by atoms with van der Waals surface area (Å²) in [6, 6.07) is 57.9. The number of carbonyl (C=O) groups is 3. The van der Waals surface area contributed by atoms with Gasteiger partial charge < -0.3 is 29.5 Å². The molecule has 6 aromatic carbocycles. The molecule has 0 aliphatic heterocycles. The lowest BCUT2D eigenvalue weighted by Crippen LogP contribution is -2.58. The Bertz CT molecular complexity index is 3290. The standard InChI is InChI=1S/C33H37O3S.C18H15S.2C13H18F2O5S/c1-22-14-30(37(28-10-6-4-7-11-28)29-12-8-5-9-13-29)15-23(2)32(22)35-21-31(34)36-33(3)26-17-24-16-25(19-26)20-27(33)18-24;1-4-10-16(11-5-1)19(17-12-6-2-7-13-17)18-14-8-3-9-15-18;2*14-13(15,21-20-19-17)7-18-11(16)12-4-8-1-9(5-12)3-10(2-8)6-12/h4-15,24-27H,16-21H2,1-3H3;1-15H;2*8-10,17H,1-7H2/q2*+1;;/p-2. The summed E-state index contributed by atoms with van der Waals surface area (Å²) >= 11 is -0.895. The van der Waals surface area contributed by atoms with Crippen LogP contribution in [0.2, 0.25) is 0 Å². The largest absolute Gasteiger partial charge is 0.691 e. The average molecular weight is 1420 g/mol. The molecule has 12 bridgehead atoms. The summed E-state index contributed by atoms with van der Waals surface area (Å²) in [6.45, 7) is 4.09. The van der Waals surface area contributed by atoms with E-state index in [1.54, 1.807) is 0 Å². The maximum Gasteiger partial charge on any atom is 0.354 e. The van der Waals surface area contributed by atoms with Crippen molar-refractivity contribution in [2.75, 3.05) is 19.8 Å². The third kappa shape index (κ3) is 17.3. The van der Waals surface area contributed by atoms with Crippen LogP contribution in [-0.2, 0) is 69.1 Å². The highest BCUT2D eigenvalue weighted by molar-refractivity contribution is 7.97. The van der Waals surface area contributed by atoms with Crippen molar-refractivity contribution in [1.82, 2.24) is 0 Å². The fourth-order valence-electron chi connectivity index (χ4n) is 19.1. The molecule has 12 saturated carbocycles. The number of rotatable bonds is 22. The Labute approximate surface area is 586 Å². The second kappa shape index (κ2) is 31.7. The van der Waals surface area contributed by atoms with Crippen LogP contribution in [0.3, 0.4) is 0 Å². The van der Waals surface area contributed by atoms with Crippen molar-refractivity contribution in [2.24, 2.45) is 70.0 Å².